The first-order valence-electron chi connectivity index (χ1n) is 4.65. The minimum atomic E-state index is -0.115. The van der Waals surface area contributed by atoms with Crippen LogP contribution in [0.25, 0.3) is 0 Å². The van der Waals surface area contributed by atoms with Crippen LogP contribution in [0.2, 0.25) is 0 Å². The fourth-order valence-corrected chi connectivity index (χ4v) is 2.13. The number of carbonyl (C=O) groups is 1. The summed E-state index contributed by atoms with van der Waals surface area (Å²) < 4.78 is 5.05. The number of aromatic nitrogens is 1. The first-order valence-corrected chi connectivity index (χ1v) is 6.22. The number of benzene rings is 1. The lowest BCUT2D eigenvalue weighted by Gasteiger charge is -2.01. The van der Waals surface area contributed by atoms with E-state index in [-0.39, 0.29) is 5.91 Å². The quantitative estimate of drug-likeness (QED) is 0.922. The van der Waals surface area contributed by atoms with E-state index in [1.165, 1.54) is 11.5 Å². The zero-order valence-corrected chi connectivity index (χ0v) is 10.9. The normalized spacial score (nSPS) is 10.1. The molecular weight excluding hydrogens is 288 g/mol. The second-order valence-electron chi connectivity index (χ2n) is 3.29. The zero-order valence-electron chi connectivity index (χ0n) is 8.53. The fourth-order valence-electron chi connectivity index (χ4n) is 1.21. The first-order chi connectivity index (χ1) is 7.65. The standard InChI is InChI=1S/C11H9BrN2OS/c1-7-6-10(16-14-7)13-11(15)8-2-4-9(12)5-3-8/h2-6H,1H3,(H,13,15). The second kappa shape index (κ2) is 4.76. The molecule has 0 aliphatic carbocycles. The average Bonchev–Trinajstić information content (AvgIpc) is 2.65. The molecule has 3 nitrogen and oxygen atoms in total. The Bertz CT molecular complexity index is 507. The Kier molecular flexibility index (Phi) is 3.36. The van der Waals surface area contributed by atoms with Crippen LogP contribution < -0.4 is 5.32 Å². The highest BCUT2D eigenvalue weighted by Crippen LogP contribution is 2.17. The lowest BCUT2D eigenvalue weighted by atomic mass is 10.2. The van der Waals surface area contributed by atoms with Crippen LogP contribution in [0.15, 0.2) is 34.8 Å². The minimum Gasteiger partial charge on any atom is -0.312 e. The third kappa shape index (κ3) is 2.68. The number of hydrogen-bond acceptors (Lipinski definition) is 3. The monoisotopic (exact) mass is 296 g/mol. The molecule has 5 heteroatoms. The maximum absolute atomic E-state index is 11.8. The third-order valence-corrected chi connectivity index (χ3v) is 3.30. The lowest BCUT2D eigenvalue weighted by molar-refractivity contribution is 0.102. The Morgan fingerprint density at radius 1 is 1.38 bits per heavy atom. The Morgan fingerprint density at radius 3 is 2.62 bits per heavy atom. The van der Waals surface area contributed by atoms with E-state index >= 15 is 0 Å². The summed E-state index contributed by atoms with van der Waals surface area (Å²) in [5.41, 5.74) is 1.55. The molecule has 0 saturated carbocycles. The molecule has 0 spiro atoms. The number of hydrogen-bond donors (Lipinski definition) is 1. The number of halogens is 1. The molecule has 0 bridgehead atoms. The SMILES string of the molecule is Cc1cc(NC(=O)c2ccc(Br)cc2)sn1. The van der Waals surface area contributed by atoms with E-state index in [4.69, 9.17) is 0 Å². The zero-order chi connectivity index (χ0) is 11.5. The number of amides is 1. The summed E-state index contributed by atoms with van der Waals surface area (Å²) in [6.45, 7) is 1.89. The number of carbonyl (C=O) groups excluding carboxylic acids is 1. The van der Waals surface area contributed by atoms with E-state index < -0.39 is 0 Å². The van der Waals surface area contributed by atoms with E-state index in [0.717, 1.165) is 15.2 Å². The summed E-state index contributed by atoms with van der Waals surface area (Å²) in [4.78, 5) is 11.8. The van der Waals surface area contributed by atoms with Crippen molar-refractivity contribution >= 4 is 38.4 Å². The number of nitrogens with zero attached hydrogens (tertiary/aromatic N) is 1. The summed E-state index contributed by atoms with van der Waals surface area (Å²) in [5, 5.41) is 3.57. The Labute approximate surface area is 106 Å². The highest BCUT2D eigenvalue weighted by Gasteiger charge is 2.07. The van der Waals surface area contributed by atoms with Gasteiger partial charge in [0.1, 0.15) is 5.00 Å². The molecule has 0 aliphatic heterocycles. The molecule has 0 aliphatic rings. The molecule has 16 heavy (non-hydrogen) atoms. The molecule has 2 rings (SSSR count). The Hall–Kier alpha value is -1.20. The van der Waals surface area contributed by atoms with Gasteiger partial charge in [0, 0.05) is 10.0 Å². The third-order valence-electron chi connectivity index (χ3n) is 1.97. The van der Waals surface area contributed by atoms with Crippen molar-refractivity contribution in [3.05, 3.63) is 46.1 Å². The van der Waals surface area contributed by atoms with Crippen LogP contribution in [0.1, 0.15) is 16.1 Å². The van der Waals surface area contributed by atoms with Crippen molar-refractivity contribution in [2.24, 2.45) is 0 Å². The van der Waals surface area contributed by atoms with Gasteiger partial charge in [0.05, 0.1) is 5.69 Å². The van der Waals surface area contributed by atoms with Gasteiger partial charge in [-0.3, -0.25) is 4.79 Å². The van der Waals surface area contributed by atoms with Crippen LogP contribution in [0.4, 0.5) is 5.00 Å². The number of aryl methyl sites for hydroxylation is 1. The molecule has 1 heterocycles. The van der Waals surface area contributed by atoms with Gasteiger partial charge in [-0.15, -0.1) is 0 Å². The van der Waals surface area contributed by atoms with E-state index in [1.54, 1.807) is 12.1 Å². The largest absolute Gasteiger partial charge is 0.312 e. The maximum atomic E-state index is 11.8. The predicted octanol–water partition coefficient (Wildman–Crippen LogP) is 3.47. The molecule has 0 radical (unpaired) electrons. The van der Waals surface area contributed by atoms with Crippen molar-refractivity contribution in [1.29, 1.82) is 0 Å². The molecule has 1 aromatic heterocycles. The van der Waals surface area contributed by atoms with Crippen molar-refractivity contribution < 1.29 is 4.79 Å². The van der Waals surface area contributed by atoms with Gasteiger partial charge < -0.3 is 5.32 Å². The highest BCUT2D eigenvalue weighted by molar-refractivity contribution is 9.10. The van der Waals surface area contributed by atoms with Crippen LogP contribution in [-0.2, 0) is 0 Å². The summed E-state index contributed by atoms with van der Waals surface area (Å²) >= 11 is 4.61. The molecule has 0 atom stereocenters. The van der Waals surface area contributed by atoms with Gasteiger partial charge in [0.25, 0.3) is 5.91 Å². The van der Waals surface area contributed by atoms with Gasteiger partial charge in [0.15, 0.2) is 0 Å². The average molecular weight is 297 g/mol. The second-order valence-corrected chi connectivity index (χ2v) is 5.01. The molecule has 2 aromatic rings. The molecule has 0 fully saturated rings. The molecule has 1 N–H and O–H groups in total. The van der Waals surface area contributed by atoms with Gasteiger partial charge >= 0.3 is 0 Å². The molecule has 0 saturated heterocycles. The van der Waals surface area contributed by atoms with Gasteiger partial charge in [-0.1, -0.05) is 15.9 Å². The Morgan fingerprint density at radius 2 is 2.06 bits per heavy atom. The van der Waals surface area contributed by atoms with Gasteiger partial charge in [-0.05, 0) is 48.8 Å². The van der Waals surface area contributed by atoms with E-state index in [0.29, 0.717) is 5.56 Å². The molecular formula is C11H9BrN2OS. The lowest BCUT2D eigenvalue weighted by Crippen LogP contribution is -2.10. The molecule has 82 valence electrons. The number of rotatable bonds is 2. The Balaban J connectivity index is 2.11. The predicted molar refractivity (Wildman–Crippen MR) is 68.9 cm³/mol. The van der Waals surface area contributed by atoms with Crippen LogP contribution in [0, 0.1) is 6.92 Å². The summed E-state index contributed by atoms with van der Waals surface area (Å²) in [6, 6.07) is 9.07. The van der Waals surface area contributed by atoms with Crippen molar-refractivity contribution in [2.75, 3.05) is 5.32 Å². The maximum Gasteiger partial charge on any atom is 0.256 e. The molecule has 1 aromatic carbocycles. The highest BCUT2D eigenvalue weighted by atomic mass is 79.9. The van der Waals surface area contributed by atoms with Gasteiger partial charge in [0.2, 0.25) is 0 Å². The summed E-state index contributed by atoms with van der Waals surface area (Å²) in [7, 11) is 0. The van der Waals surface area contributed by atoms with Crippen molar-refractivity contribution in [3.8, 4) is 0 Å². The van der Waals surface area contributed by atoms with Crippen molar-refractivity contribution in [1.82, 2.24) is 4.37 Å². The van der Waals surface area contributed by atoms with Crippen molar-refractivity contribution in [3.63, 3.8) is 0 Å². The van der Waals surface area contributed by atoms with Gasteiger partial charge in [-0.2, -0.15) is 4.37 Å². The van der Waals surface area contributed by atoms with Crippen LogP contribution in [-0.4, -0.2) is 10.3 Å². The topological polar surface area (TPSA) is 42.0 Å². The molecule has 0 unspecified atom stereocenters. The van der Waals surface area contributed by atoms with E-state index in [1.807, 2.05) is 25.1 Å². The van der Waals surface area contributed by atoms with Crippen molar-refractivity contribution in [2.45, 2.75) is 6.92 Å². The van der Waals surface area contributed by atoms with E-state index in [2.05, 4.69) is 25.6 Å². The fraction of sp³-hybridized carbons (Fsp3) is 0.0909. The number of nitrogens with one attached hydrogen (secondary N) is 1. The summed E-state index contributed by atoms with van der Waals surface area (Å²) in [6.07, 6.45) is 0. The smallest absolute Gasteiger partial charge is 0.256 e. The van der Waals surface area contributed by atoms with Crippen LogP contribution in [0.3, 0.4) is 0 Å². The minimum absolute atomic E-state index is 0.115. The summed E-state index contributed by atoms with van der Waals surface area (Å²) in [5.74, 6) is -0.115. The number of anilines is 1. The van der Waals surface area contributed by atoms with Crippen LogP contribution >= 0.6 is 27.5 Å². The van der Waals surface area contributed by atoms with Crippen LogP contribution in [0.5, 0.6) is 0 Å². The molecule has 1 amide bonds. The van der Waals surface area contributed by atoms with Gasteiger partial charge in [-0.25, -0.2) is 0 Å². The van der Waals surface area contributed by atoms with E-state index in [9.17, 15) is 4.79 Å². The first kappa shape index (κ1) is 11.3.